The number of pyridine rings is 1. The highest BCUT2D eigenvalue weighted by molar-refractivity contribution is 5.88. The minimum atomic E-state index is -0.249. The molecule has 0 spiro atoms. The molecule has 23 heavy (non-hydrogen) atoms. The Bertz CT molecular complexity index is 755. The molecule has 2 aromatic heterocycles. The summed E-state index contributed by atoms with van der Waals surface area (Å²) >= 11 is 0. The van der Waals surface area contributed by atoms with Crippen LogP contribution in [0.15, 0.2) is 67.3 Å². The van der Waals surface area contributed by atoms with Gasteiger partial charge in [-0.2, -0.15) is 5.10 Å². The Labute approximate surface area is 134 Å². The summed E-state index contributed by atoms with van der Waals surface area (Å²) in [6.45, 7) is 0.546. The van der Waals surface area contributed by atoms with Gasteiger partial charge < -0.3 is 10.6 Å². The topological polar surface area (TPSA) is 71.8 Å². The summed E-state index contributed by atoms with van der Waals surface area (Å²) in [4.78, 5) is 15.9. The van der Waals surface area contributed by atoms with Crippen molar-refractivity contribution >= 4 is 11.7 Å². The van der Waals surface area contributed by atoms with E-state index in [1.54, 1.807) is 29.5 Å². The van der Waals surface area contributed by atoms with Gasteiger partial charge >= 0.3 is 6.03 Å². The summed E-state index contributed by atoms with van der Waals surface area (Å²) in [6.07, 6.45) is 7.66. The molecule has 0 radical (unpaired) electrons. The van der Waals surface area contributed by atoms with Gasteiger partial charge in [-0.3, -0.25) is 4.98 Å². The number of aromatic nitrogens is 3. The second kappa shape index (κ2) is 7.22. The molecule has 0 aliphatic heterocycles. The lowest BCUT2D eigenvalue weighted by atomic mass is 10.2. The van der Waals surface area contributed by atoms with Crippen LogP contribution in [0.5, 0.6) is 0 Å². The van der Waals surface area contributed by atoms with E-state index in [4.69, 9.17) is 0 Å². The molecule has 1 aromatic carbocycles. The van der Waals surface area contributed by atoms with Gasteiger partial charge in [0.25, 0.3) is 0 Å². The zero-order valence-electron chi connectivity index (χ0n) is 12.5. The van der Waals surface area contributed by atoms with Gasteiger partial charge in [0.1, 0.15) is 0 Å². The van der Waals surface area contributed by atoms with Gasteiger partial charge in [-0.05, 0) is 30.2 Å². The van der Waals surface area contributed by atoms with Crippen molar-refractivity contribution in [3.8, 4) is 5.69 Å². The first-order valence-electron chi connectivity index (χ1n) is 7.35. The van der Waals surface area contributed by atoms with Crippen molar-refractivity contribution in [1.82, 2.24) is 20.1 Å². The summed E-state index contributed by atoms with van der Waals surface area (Å²) in [6, 6.07) is 13.3. The number of rotatable bonds is 5. The Balaban J connectivity index is 1.49. The van der Waals surface area contributed by atoms with Crippen molar-refractivity contribution in [3.63, 3.8) is 0 Å². The van der Waals surface area contributed by atoms with E-state index in [0.29, 0.717) is 12.2 Å². The standard InChI is InChI=1S/C17H17N5O/c23-17(19-10-8-14-5-4-9-18-11-14)21-15-12-20-22(13-15)16-6-2-1-3-7-16/h1-7,9,11-13H,8,10H2,(H2,19,21,23). The van der Waals surface area contributed by atoms with Gasteiger partial charge in [-0.25, -0.2) is 9.48 Å². The number of benzene rings is 1. The van der Waals surface area contributed by atoms with Crippen molar-refractivity contribution in [1.29, 1.82) is 0 Å². The molecule has 2 N–H and O–H groups in total. The maximum Gasteiger partial charge on any atom is 0.319 e. The highest BCUT2D eigenvalue weighted by Crippen LogP contribution is 2.10. The van der Waals surface area contributed by atoms with Crippen LogP contribution in [-0.4, -0.2) is 27.3 Å². The fourth-order valence-electron chi connectivity index (χ4n) is 2.15. The van der Waals surface area contributed by atoms with Crippen molar-refractivity contribution in [3.05, 3.63) is 72.8 Å². The quantitative estimate of drug-likeness (QED) is 0.761. The summed E-state index contributed by atoms with van der Waals surface area (Å²) in [5.41, 5.74) is 2.68. The molecule has 6 nitrogen and oxygen atoms in total. The first-order chi connectivity index (χ1) is 11.3. The molecule has 116 valence electrons. The molecule has 6 heteroatoms. The number of para-hydroxylation sites is 1. The number of carbonyl (C=O) groups is 1. The number of anilines is 1. The second-order valence-corrected chi connectivity index (χ2v) is 5.00. The molecule has 0 unspecified atom stereocenters. The molecule has 0 fully saturated rings. The fraction of sp³-hybridized carbons (Fsp3) is 0.118. The van der Waals surface area contributed by atoms with Crippen molar-refractivity contribution < 1.29 is 4.79 Å². The van der Waals surface area contributed by atoms with E-state index < -0.39 is 0 Å². The number of hydrogen-bond acceptors (Lipinski definition) is 3. The first-order valence-corrected chi connectivity index (χ1v) is 7.35. The molecular formula is C17H17N5O. The number of nitrogens with one attached hydrogen (secondary N) is 2. The van der Waals surface area contributed by atoms with Crippen LogP contribution in [-0.2, 0) is 6.42 Å². The number of carbonyl (C=O) groups excluding carboxylic acids is 1. The Hall–Kier alpha value is -3.15. The third kappa shape index (κ3) is 4.16. The maximum absolute atomic E-state index is 11.9. The van der Waals surface area contributed by atoms with Crippen LogP contribution in [0, 0.1) is 0 Å². The van der Waals surface area contributed by atoms with Crippen LogP contribution in [0.4, 0.5) is 10.5 Å². The van der Waals surface area contributed by atoms with Crippen LogP contribution >= 0.6 is 0 Å². The molecule has 3 rings (SSSR count). The Morgan fingerprint density at radius 2 is 1.96 bits per heavy atom. The predicted octanol–water partition coefficient (Wildman–Crippen LogP) is 2.63. The Morgan fingerprint density at radius 3 is 2.74 bits per heavy atom. The van der Waals surface area contributed by atoms with Crippen LogP contribution in [0.2, 0.25) is 0 Å². The molecule has 0 bridgehead atoms. The second-order valence-electron chi connectivity index (χ2n) is 5.00. The average Bonchev–Trinajstić information content (AvgIpc) is 3.05. The van der Waals surface area contributed by atoms with E-state index in [0.717, 1.165) is 17.7 Å². The Morgan fingerprint density at radius 1 is 1.09 bits per heavy atom. The van der Waals surface area contributed by atoms with Gasteiger partial charge in [0, 0.05) is 18.9 Å². The van der Waals surface area contributed by atoms with Gasteiger partial charge in [-0.15, -0.1) is 0 Å². The third-order valence-corrected chi connectivity index (χ3v) is 3.28. The van der Waals surface area contributed by atoms with Crippen LogP contribution in [0.25, 0.3) is 5.69 Å². The van der Waals surface area contributed by atoms with E-state index in [9.17, 15) is 4.79 Å². The summed E-state index contributed by atoms with van der Waals surface area (Å²) in [5, 5.41) is 9.82. The highest BCUT2D eigenvalue weighted by atomic mass is 16.2. The van der Waals surface area contributed by atoms with Crippen LogP contribution < -0.4 is 10.6 Å². The summed E-state index contributed by atoms with van der Waals surface area (Å²) in [5.74, 6) is 0. The van der Waals surface area contributed by atoms with Gasteiger partial charge in [0.2, 0.25) is 0 Å². The van der Waals surface area contributed by atoms with Gasteiger partial charge in [0.05, 0.1) is 23.8 Å². The molecule has 0 aliphatic carbocycles. The first kappa shape index (κ1) is 14.8. The van der Waals surface area contributed by atoms with Gasteiger partial charge in [0.15, 0.2) is 0 Å². The fourth-order valence-corrected chi connectivity index (χ4v) is 2.15. The molecule has 0 saturated heterocycles. The van der Waals surface area contributed by atoms with Crippen molar-refractivity contribution in [2.45, 2.75) is 6.42 Å². The lowest BCUT2D eigenvalue weighted by Gasteiger charge is -2.05. The van der Waals surface area contributed by atoms with E-state index in [1.807, 2.05) is 42.5 Å². The van der Waals surface area contributed by atoms with E-state index in [2.05, 4.69) is 20.7 Å². The highest BCUT2D eigenvalue weighted by Gasteiger charge is 2.04. The minimum absolute atomic E-state index is 0.249. The zero-order chi connectivity index (χ0) is 15.9. The SMILES string of the molecule is O=C(NCCc1cccnc1)Nc1cnn(-c2ccccc2)c1. The minimum Gasteiger partial charge on any atom is -0.338 e. The van der Waals surface area contributed by atoms with Crippen molar-refractivity contribution in [2.75, 3.05) is 11.9 Å². The largest absolute Gasteiger partial charge is 0.338 e. The molecule has 2 amide bonds. The molecule has 0 saturated carbocycles. The molecule has 0 atom stereocenters. The lowest BCUT2D eigenvalue weighted by molar-refractivity contribution is 0.252. The number of amides is 2. The van der Waals surface area contributed by atoms with Gasteiger partial charge in [-0.1, -0.05) is 24.3 Å². The molecular weight excluding hydrogens is 290 g/mol. The average molecular weight is 307 g/mol. The smallest absolute Gasteiger partial charge is 0.319 e. The molecule has 0 aliphatic rings. The Kier molecular flexibility index (Phi) is 4.63. The lowest BCUT2D eigenvalue weighted by Crippen LogP contribution is -2.30. The van der Waals surface area contributed by atoms with Crippen molar-refractivity contribution in [2.24, 2.45) is 0 Å². The van der Waals surface area contributed by atoms with E-state index in [1.165, 1.54) is 0 Å². The zero-order valence-corrected chi connectivity index (χ0v) is 12.5. The van der Waals surface area contributed by atoms with Crippen LogP contribution in [0.3, 0.4) is 0 Å². The summed E-state index contributed by atoms with van der Waals surface area (Å²) in [7, 11) is 0. The number of hydrogen-bond donors (Lipinski definition) is 2. The van der Waals surface area contributed by atoms with Crippen LogP contribution in [0.1, 0.15) is 5.56 Å². The maximum atomic E-state index is 11.9. The molecule has 3 aromatic rings. The summed E-state index contributed by atoms with van der Waals surface area (Å²) < 4.78 is 1.71. The molecule has 2 heterocycles. The third-order valence-electron chi connectivity index (χ3n) is 3.28. The van der Waals surface area contributed by atoms with E-state index >= 15 is 0 Å². The monoisotopic (exact) mass is 307 g/mol. The number of urea groups is 1. The van der Waals surface area contributed by atoms with E-state index in [-0.39, 0.29) is 6.03 Å². The number of nitrogens with zero attached hydrogens (tertiary/aromatic N) is 3. The normalized spacial score (nSPS) is 10.3. The predicted molar refractivity (Wildman–Crippen MR) is 88.5 cm³/mol.